The molecule has 0 saturated carbocycles. The molecule has 0 aromatic heterocycles. The molecule has 1 aliphatic rings. The highest BCUT2D eigenvalue weighted by atomic mass is 16.5. The van der Waals surface area contributed by atoms with E-state index in [9.17, 15) is 0 Å². The number of ether oxygens (including phenoxy) is 1. The lowest BCUT2D eigenvalue weighted by molar-refractivity contribution is 0.0593. The maximum absolute atomic E-state index is 5.27. The Morgan fingerprint density at radius 1 is 1.23 bits per heavy atom. The molecule has 0 aromatic carbocycles. The molecule has 1 heterocycles. The van der Waals surface area contributed by atoms with Crippen LogP contribution in [0.3, 0.4) is 0 Å². The molecule has 0 amide bonds. The second-order valence-corrected chi connectivity index (χ2v) is 3.53. The average Bonchev–Trinajstić information content (AvgIpc) is 2.19. The molecule has 1 saturated heterocycles. The highest BCUT2D eigenvalue weighted by molar-refractivity contribution is 4.83. The predicted octanol–water partition coefficient (Wildman–Crippen LogP) is 2.41. The first-order chi connectivity index (χ1) is 6.43. The molecule has 0 bridgehead atoms. The van der Waals surface area contributed by atoms with Crippen molar-refractivity contribution in [2.45, 2.75) is 32.6 Å². The van der Waals surface area contributed by atoms with Gasteiger partial charge in [0.2, 0.25) is 0 Å². The van der Waals surface area contributed by atoms with E-state index >= 15 is 0 Å². The molecule has 0 unspecified atom stereocenters. The van der Waals surface area contributed by atoms with Crippen LogP contribution in [0, 0.1) is 0 Å². The zero-order valence-corrected chi connectivity index (χ0v) is 8.67. The first-order valence-corrected chi connectivity index (χ1v) is 5.42. The van der Waals surface area contributed by atoms with Gasteiger partial charge in [0.05, 0.1) is 13.2 Å². The summed E-state index contributed by atoms with van der Waals surface area (Å²) >= 11 is 0. The van der Waals surface area contributed by atoms with Crippen molar-refractivity contribution in [2.75, 3.05) is 26.3 Å². The number of hydrogen-bond donors (Lipinski definition) is 0. The van der Waals surface area contributed by atoms with Crippen molar-refractivity contribution < 1.29 is 4.74 Å². The van der Waals surface area contributed by atoms with Crippen LogP contribution in [0.15, 0.2) is 12.3 Å². The second-order valence-electron chi connectivity index (χ2n) is 3.53. The molecule has 0 aliphatic carbocycles. The van der Waals surface area contributed by atoms with Gasteiger partial charge in [0.1, 0.15) is 0 Å². The van der Waals surface area contributed by atoms with E-state index in [1.54, 1.807) is 0 Å². The van der Waals surface area contributed by atoms with Crippen molar-refractivity contribution in [3.8, 4) is 0 Å². The smallest absolute Gasteiger partial charge is 0.0642 e. The van der Waals surface area contributed by atoms with E-state index in [-0.39, 0.29) is 0 Å². The Balaban J connectivity index is 2.01. The van der Waals surface area contributed by atoms with Crippen molar-refractivity contribution in [2.24, 2.45) is 0 Å². The molecule has 2 nitrogen and oxygen atoms in total. The van der Waals surface area contributed by atoms with Crippen molar-refractivity contribution in [3.63, 3.8) is 0 Å². The van der Waals surface area contributed by atoms with Crippen LogP contribution in [-0.4, -0.2) is 31.2 Å². The van der Waals surface area contributed by atoms with Crippen LogP contribution in [0.25, 0.3) is 0 Å². The number of hydrogen-bond acceptors (Lipinski definition) is 2. The van der Waals surface area contributed by atoms with Gasteiger partial charge >= 0.3 is 0 Å². The number of unbranched alkanes of at least 4 members (excludes halogenated alkanes) is 3. The van der Waals surface area contributed by atoms with Crippen LogP contribution in [0.1, 0.15) is 32.6 Å². The molecule has 0 aromatic rings. The lowest BCUT2D eigenvalue weighted by Gasteiger charge is -2.24. The number of nitrogens with zero attached hydrogens (tertiary/aromatic N) is 1. The summed E-state index contributed by atoms with van der Waals surface area (Å²) in [6, 6.07) is 0. The molecule has 0 N–H and O–H groups in total. The van der Waals surface area contributed by atoms with Gasteiger partial charge in [0.25, 0.3) is 0 Å². The molecule has 1 fully saturated rings. The van der Waals surface area contributed by atoms with E-state index < -0.39 is 0 Å². The summed E-state index contributed by atoms with van der Waals surface area (Å²) in [5.41, 5.74) is 0. The third kappa shape index (κ3) is 4.94. The minimum atomic E-state index is 0.888. The van der Waals surface area contributed by atoms with E-state index in [1.165, 1.54) is 25.7 Å². The molecule has 1 rings (SSSR count). The molecular formula is C11H21NO. The fourth-order valence-electron chi connectivity index (χ4n) is 1.46. The Hall–Kier alpha value is -0.500. The third-order valence-corrected chi connectivity index (χ3v) is 2.34. The lowest BCUT2D eigenvalue weighted by atomic mass is 10.2. The Morgan fingerprint density at radius 2 is 2.00 bits per heavy atom. The van der Waals surface area contributed by atoms with Gasteiger partial charge in [0, 0.05) is 13.1 Å². The highest BCUT2D eigenvalue weighted by Gasteiger charge is 2.04. The zero-order valence-electron chi connectivity index (χ0n) is 8.67. The third-order valence-electron chi connectivity index (χ3n) is 2.34. The normalized spacial score (nSPS) is 18.4. The fourth-order valence-corrected chi connectivity index (χ4v) is 1.46. The highest BCUT2D eigenvalue weighted by Crippen LogP contribution is 2.02. The number of morpholine rings is 1. The topological polar surface area (TPSA) is 12.5 Å². The predicted molar refractivity (Wildman–Crippen MR) is 55.7 cm³/mol. The average molecular weight is 183 g/mol. The molecule has 0 atom stereocenters. The van der Waals surface area contributed by atoms with Crippen LogP contribution in [0.5, 0.6) is 0 Å². The van der Waals surface area contributed by atoms with Crippen LogP contribution >= 0.6 is 0 Å². The quantitative estimate of drug-likeness (QED) is 0.607. The van der Waals surface area contributed by atoms with Gasteiger partial charge in [-0.05, 0) is 19.0 Å². The summed E-state index contributed by atoms with van der Waals surface area (Å²) in [5.74, 6) is 0. The SMILES string of the molecule is CCCCCC=CN1CCOCC1. The van der Waals surface area contributed by atoms with Crippen LogP contribution in [-0.2, 0) is 4.74 Å². The Kier molecular flexibility index (Phi) is 5.66. The lowest BCUT2D eigenvalue weighted by Crippen LogP contribution is -2.31. The summed E-state index contributed by atoms with van der Waals surface area (Å²) in [6.07, 6.45) is 9.75. The molecule has 1 aliphatic heterocycles. The summed E-state index contributed by atoms with van der Waals surface area (Å²) in [5, 5.41) is 0. The zero-order chi connectivity index (χ0) is 9.36. The van der Waals surface area contributed by atoms with E-state index in [0.717, 1.165) is 26.3 Å². The molecule has 0 spiro atoms. The largest absolute Gasteiger partial charge is 0.378 e. The monoisotopic (exact) mass is 183 g/mol. The summed E-state index contributed by atoms with van der Waals surface area (Å²) in [7, 11) is 0. The molecule has 13 heavy (non-hydrogen) atoms. The van der Waals surface area contributed by atoms with Crippen LogP contribution in [0.2, 0.25) is 0 Å². The van der Waals surface area contributed by atoms with Gasteiger partial charge < -0.3 is 9.64 Å². The minimum absolute atomic E-state index is 0.888. The Labute approximate surface area is 81.6 Å². The minimum Gasteiger partial charge on any atom is -0.378 e. The van der Waals surface area contributed by atoms with Crippen molar-refractivity contribution in [1.29, 1.82) is 0 Å². The number of rotatable bonds is 5. The van der Waals surface area contributed by atoms with E-state index in [4.69, 9.17) is 4.74 Å². The summed E-state index contributed by atoms with van der Waals surface area (Å²) in [6.45, 7) is 6.14. The van der Waals surface area contributed by atoms with Crippen molar-refractivity contribution in [3.05, 3.63) is 12.3 Å². The first kappa shape index (κ1) is 10.6. The van der Waals surface area contributed by atoms with Gasteiger partial charge in [-0.15, -0.1) is 0 Å². The van der Waals surface area contributed by atoms with Gasteiger partial charge in [-0.1, -0.05) is 25.8 Å². The van der Waals surface area contributed by atoms with Gasteiger partial charge in [-0.2, -0.15) is 0 Å². The number of allylic oxidation sites excluding steroid dienone is 1. The molecule has 0 radical (unpaired) electrons. The first-order valence-electron chi connectivity index (χ1n) is 5.42. The van der Waals surface area contributed by atoms with Crippen molar-refractivity contribution in [1.82, 2.24) is 4.90 Å². The molecule has 76 valence electrons. The molecular weight excluding hydrogens is 162 g/mol. The van der Waals surface area contributed by atoms with Gasteiger partial charge in [0.15, 0.2) is 0 Å². The summed E-state index contributed by atoms with van der Waals surface area (Å²) < 4.78 is 5.27. The van der Waals surface area contributed by atoms with E-state index in [2.05, 4.69) is 24.1 Å². The van der Waals surface area contributed by atoms with Gasteiger partial charge in [-0.3, -0.25) is 0 Å². The Morgan fingerprint density at radius 3 is 2.69 bits per heavy atom. The molecule has 2 heteroatoms. The fraction of sp³-hybridized carbons (Fsp3) is 0.818. The standard InChI is InChI=1S/C11H21NO/c1-2-3-4-5-6-7-12-8-10-13-11-9-12/h6-7H,2-5,8-11H2,1H3. The van der Waals surface area contributed by atoms with Gasteiger partial charge in [-0.25, -0.2) is 0 Å². The van der Waals surface area contributed by atoms with Crippen LogP contribution in [0.4, 0.5) is 0 Å². The Bertz CT molecular complexity index is 139. The maximum Gasteiger partial charge on any atom is 0.0642 e. The maximum atomic E-state index is 5.27. The van der Waals surface area contributed by atoms with E-state index in [1.807, 2.05) is 0 Å². The van der Waals surface area contributed by atoms with E-state index in [0.29, 0.717) is 0 Å². The second kappa shape index (κ2) is 6.96. The summed E-state index contributed by atoms with van der Waals surface area (Å²) in [4.78, 5) is 2.34. The van der Waals surface area contributed by atoms with Crippen LogP contribution < -0.4 is 0 Å². The van der Waals surface area contributed by atoms with Crippen molar-refractivity contribution >= 4 is 0 Å².